The Morgan fingerprint density at radius 1 is 1.40 bits per heavy atom. The number of hydrogen-bond donors (Lipinski definition) is 1. The third-order valence-corrected chi connectivity index (χ3v) is 2.83. The Morgan fingerprint density at radius 3 is 2.95 bits per heavy atom. The van der Waals surface area contributed by atoms with Crippen molar-refractivity contribution < 1.29 is 13.7 Å². The molecule has 108 valence electrons. The van der Waals surface area contributed by atoms with Crippen LogP contribution in [0.4, 0.5) is 4.39 Å². The minimum absolute atomic E-state index is 0.162. The van der Waals surface area contributed by atoms with Gasteiger partial charge in [0.1, 0.15) is 6.61 Å². The van der Waals surface area contributed by atoms with E-state index in [2.05, 4.69) is 24.3 Å². The maximum Gasteiger partial charge on any atom is 0.174 e. The van der Waals surface area contributed by atoms with Gasteiger partial charge in [-0.15, -0.1) is 0 Å². The molecule has 0 aliphatic rings. The van der Waals surface area contributed by atoms with Crippen LogP contribution in [0.5, 0.6) is 5.75 Å². The largest absolute Gasteiger partial charge is 0.482 e. The van der Waals surface area contributed by atoms with Gasteiger partial charge in [0, 0.05) is 18.7 Å². The van der Waals surface area contributed by atoms with Crippen molar-refractivity contribution in [3.8, 4) is 5.75 Å². The van der Waals surface area contributed by atoms with Gasteiger partial charge in [-0.05, 0) is 18.6 Å². The first kappa shape index (κ1) is 14.5. The van der Waals surface area contributed by atoms with E-state index in [1.165, 1.54) is 0 Å². The summed E-state index contributed by atoms with van der Waals surface area (Å²) in [5.41, 5.74) is 1.36. The van der Waals surface area contributed by atoms with E-state index >= 15 is 0 Å². The summed E-state index contributed by atoms with van der Waals surface area (Å²) in [5, 5.41) is 7.17. The predicted octanol–water partition coefficient (Wildman–Crippen LogP) is 3.20. The average molecular weight is 278 g/mol. The highest BCUT2D eigenvalue weighted by atomic mass is 19.1. The van der Waals surface area contributed by atoms with Gasteiger partial charge in [0.05, 0.1) is 5.69 Å². The number of rotatable bonds is 6. The third kappa shape index (κ3) is 3.81. The summed E-state index contributed by atoms with van der Waals surface area (Å²) < 4.78 is 24.3. The minimum Gasteiger partial charge on any atom is -0.482 e. The van der Waals surface area contributed by atoms with Crippen molar-refractivity contribution in [2.45, 2.75) is 40.0 Å². The van der Waals surface area contributed by atoms with Gasteiger partial charge >= 0.3 is 0 Å². The molecule has 0 saturated carbocycles. The molecule has 1 aromatic carbocycles. The quantitative estimate of drug-likeness (QED) is 0.881. The molecular weight excluding hydrogens is 259 g/mol. The van der Waals surface area contributed by atoms with Crippen LogP contribution in [0.2, 0.25) is 0 Å². The van der Waals surface area contributed by atoms with Gasteiger partial charge in [0.2, 0.25) is 0 Å². The van der Waals surface area contributed by atoms with Gasteiger partial charge in [-0.1, -0.05) is 31.1 Å². The van der Waals surface area contributed by atoms with Crippen LogP contribution in [0, 0.1) is 12.7 Å². The number of aromatic nitrogens is 1. The van der Waals surface area contributed by atoms with Gasteiger partial charge in [-0.3, -0.25) is 0 Å². The number of aryl methyl sites for hydroxylation is 1. The fourth-order valence-corrected chi connectivity index (χ4v) is 1.70. The first-order chi connectivity index (χ1) is 9.56. The number of nitrogens with one attached hydrogen (secondary N) is 1. The molecule has 1 aromatic heterocycles. The van der Waals surface area contributed by atoms with E-state index in [9.17, 15) is 4.39 Å². The number of ether oxygens (including phenoxy) is 1. The van der Waals surface area contributed by atoms with Crippen molar-refractivity contribution in [3.63, 3.8) is 0 Å². The van der Waals surface area contributed by atoms with E-state index in [0.717, 1.165) is 5.69 Å². The summed E-state index contributed by atoms with van der Waals surface area (Å²) in [6, 6.07) is 7.24. The van der Waals surface area contributed by atoms with E-state index in [1.54, 1.807) is 25.1 Å². The number of nitrogens with zero attached hydrogens (tertiary/aromatic N) is 1. The molecule has 0 spiro atoms. The van der Waals surface area contributed by atoms with Gasteiger partial charge in [0.25, 0.3) is 0 Å². The molecule has 0 aliphatic heterocycles. The first-order valence-corrected chi connectivity index (χ1v) is 6.62. The summed E-state index contributed by atoms with van der Waals surface area (Å²) in [6.07, 6.45) is 0. The van der Waals surface area contributed by atoms with Crippen LogP contribution in [0.1, 0.15) is 30.9 Å². The molecule has 1 N–H and O–H groups in total. The molecule has 0 bridgehead atoms. The topological polar surface area (TPSA) is 47.3 Å². The van der Waals surface area contributed by atoms with Crippen LogP contribution in [0.25, 0.3) is 0 Å². The zero-order valence-corrected chi connectivity index (χ0v) is 11.9. The summed E-state index contributed by atoms with van der Waals surface area (Å²) in [4.78, 5) is 0. The monoisotopic (exact) mass is 278 g/mol. The maximum absolute atomic E-state index is 13.7. The molecule has 0 aliphatic carbocycles. The Morgan fingerprint density at radius 2 is 2.20 bits per heavy atom. The number of halogens is 1. The van der Waals surface area contributed by atoms with E-state index < -0.39 is 0 Å². The smallest absolute Gasteiger partial charge is 0.174 e. The number of hydrogen-bond acceptors (Lipinski definition) is 4. The molecule has 5 heteroatoms. The molecule has 2 aromatic rings. The fourth-order valence-electron chi connectivity index (χ4n) is 1.70. The van der Waals surface area contributed by atoms with Gasteiger partial charge in [0.15, 0.2) is 17.3 Å². The van der Waals surface area contributed by atoms with Gasteiger partial charge < -0.3 is 14.6 Å². The Labute approximate surface area is 117 Å². The molecule has 0 radical (unpaired) electrons. The second-order valence-electron chi connectivity index (χ2n) is 5.00. The van der Waals surface area contributed by atoms with Crippen LogP contribution in [0.15, 0.2) is 28.8 Å². The third-order valence-electron chi connectivity index (χ3n) is 2.83. The van der Waals surface area contributed by atoms with Crippen LogP contribution in [-0.4, -0.2) is 11.2 Å². The number of benzene rings is 1. The molecular formula is C15H19FN2O2. The fraction of sp³-hybridized carbons (Fsp3) is 0.400. The molecule has 0 amide bonds. The van der Waals surface area contributed by atoms with Crippen molar-refractivity contribution in [3.05, 3.63) is 47.1 Å². The molecule has 0 fully saturated rings. The zero-order valence-electron chi connectivity index (χ0n) is 11.9. The van der Waals surface area contributed by atoms with E-state index in [1.807, 2.05) is 6.07 Å². The summed E-state index contributed by atoms with van der Waals surface area (Å²) in [6.45, 7) is 6.62. The van der Waals surface area contributed by atoms with Crippen LogP contribution >= 0.6 is 0 Å². The van der Waals surface area contributed by atoms with Gasteiger partial charge in [-0.2, -0.15) is 0 Å². The molecule has 0 saturated heterocycles. The maximum atomic E-state index is 13.7. The molecule has 2 rings (SSSR count). The van der Waals surface area contributed by atoms with E-state index in [-0.39, 0.29) is 18.2 Å². The molecule has 0 atom stereocenters. The Kier molecular flexibility index (Phi) is 4.74. The van der Waals surface area contributed by atoms with Crippen LogP contribution in [-0.2, 0) is 13.2 Å². The molecule has 4 nitrogen and oxygen atoms in total. The lowest BCUT2D eigenvalue weighted by Crippen LogP contribution is -2.21. The molecule has 1 heterocycles. The van der Waals surface area contributed by atoms with Crippen LogP contribution in [0.3, 0.4) is 0 Å². The SMILES string of the molecule is Cc1cccc(OCc2cc(CNC(C)C)no2)c1F. The Hall–Kier alpha value is -1.88. The standard InChI is InChI=1S/C15H19FN2O2/c1-10(2)17-8-12-7-13(20-18-12)9-19-14-6-4-5-11(3)15(14)16/h4-7,10,17H,8-9H2,1-3H3. The summed E-state index contributed by atoms with van der Waals surface area (Å²) >= 11 is 0. The van der Waals surface area contributed by atoms with Crippen molar-refractivity contribution in [2.75, 3.05) is 0 Å². The van der Waals surface area contributed by atoms with Crippen molar-refractivity contribution in [1.82, 2.24) is 10.5 Å². The lowest BCUT2D eigenvalue weighted by Gasteiger charge is -2.06. The van der Waals surface area contributed by atoms with E-state index in [4.69, 9.17) is 9.26 Å². The normalized spacial score (nSPS) is 11.1. The molecule has 0 unspecified atom stereocenters. The average Bonchev–Trinajstić information content (AvgIpc) is 2.86. The van der Waals surface area contributed by atoms with Gasteiger partial charge in [-0.25, -0.2) is 4.39 Å². The van der Waals surface area contributed by atoms with Crippen LogP contribution < -0.4 is 10.1 Å². The summed E-state index contributed by atoms with van der Waals surface area (Å²) in [5.74, 6) is 0.462. The highest BCUT2D eigenvalue weighted by Gasteiger charge is 2.09. The van der Waals surface area contributed by atoms with Crippen molar-refractivity contribution in [1.29, 1.82) is 0 Å². The lowest BCUT2D eigenvalue weighted by molar-refractivity contribution is 0.239. The minimum atomic E-state index is -0.339. The highest BCUT2D eigenvalue weighted by Crippen LogP contribution is 2.20. The Bertz CT molecular complexity index is 567. The summed E-state index contributed by atoms with van der Waals surface area (Å²) in [7, 11) is 0. The highest BCUT2D eigenvalue weighted by molar-refractivity contribution is 5.30. The first-order valence-electron chi connectivity index (χ1n) is 6.62. The van der Waals surface area contributed by atoms with Crippen molar-refractivity contribution in [2.24, 2.45) is 0 Å². The van der Waals surface area contributed by atoms with Crippen molar-refractivity contribution >= 4 is 0 Å². The lowest BCUT2D eigenvalue weighted by atomic mass is 10.2. The Balaban J connectivity index is 1.92. The molecule has 20 heavy (non-hydrogen) atoms. The van der Waals surface area contributed by atoms with E-state index in [0.29, 0.717) is 23.9 Å². The zero-order chi connectivity index (χ0) is 14.5. The second-order valence-corrected chi connectivity index (χ2v) is 5.00. The predicted molar refractivity (Wildman–Crippen MR) is 73.9 cm³/mol. The second kappa shape index (κ2) is 6.52.